The van der Waals surface area contributed by atoms with Crippen LogP contribution in [0.15, 0.2) is 12.4 Å². The minimum atomic E-state index is 0.432. The van der Waals surface area contributed by atoms with Gasteiger partial charge < -0.3 is 10.7 Å². The summed E-state index contributed by atoms with van der Waals surface area (Å²) in [6.07, 6.45) is 6.22. The summed E-state index contributed by atoms with van der Waals surface area (Å²) in [5.41, 5.74) is 2.50. The van der Waals surface area contributed by atoms with Crippen LogP contribution in [0.2, 0.25) is 0 Å². The first-order valence-corrected chi connectivity index (χ1v) is 6.08. The summed E-state index contributed by atoms with van der Waals surface area (Å²) in [6, 6.07) is 1.80. The summed E-state index contributed by atoms with van der Waals surface area (Å²) in [6.45, 7) is 0.954. The second-order valence-electron chi connectivity index (χ2n) is 3.67. The Morgan fingerprint density at radius 1 is 1.47 bits per heavy atom. The number of hydrogen-bond acceptors (Lipinski definition) is 6. The number of nitrogens with two attached hydrogens (primary N) is 1. The quantitative estimate of drug-likeness (QED) is 0.514. The molecular formula is C9H15N5S. The summed E-state index contributed by atoms with van der Waals surface area (Å²) in [5.74, 6) is 6.71. The number of aromatic nitrogens is 2. The Balaban J connectivity index is 1.93. The molecule has 0 unspecified atom stereocenters. The molecule has 0 spiro atoms. The third-order valence-corrected chi connectivity index (χ3v) is 4.07. The maximum Gasteiger partial charge on any atom is 0.145 e. The molecule has 1 aromatic heterocycles. The monoisotopic (exact) mass is 225 g/mol. The molecule has 2 rings (SSSR count). The van der Waals surface area contributed by atoms with Gasteiger partial charge in [0.25, 0.3) is 0 Å². The molecule has 1 saturated carbocycles. The van der Waals surface area contributed by atoms with Crippen molar-refractivity contribution in [2.75, 3.05) is 23.5 Å². The maximum atomic E-state index is 5.27. The van der Waals surface area contributed by atoms with E-state index in [1.54, 1.807) is 6.07 Å². The summed E-state index contributed by atoms with van der Waals surface area (Å²) in [4.78, 5) is 8.07. The Hall–Kier alpha value is -1.01. The number of nitrogen functional groups attached to an aromatic ring is 1. The number of thioether (sulfide) groups is 1. The molecule has 0 radical (unpaired) electrons. The molecule has 5 nitrogen and oxygen atoms in total. The molecular weight excluding hydrogens is 210 g/mol. The van der Waals surface area contributed by atoms with Crippen LogP contribution < -0.4 is 16.6 Å². The van der Waals surface area contributed by atoms with Crippen molar-refractivity contribution in [2.45, 2.75) is 17.6 Å². The summed E-state index contributed by atoms with van der Waals surface area (Å²) >= 11 is 1.92. The van der Waals surface area contributed by atoms with Crippen LogP contribution in [0.3, 0.4) is 0 Å². The Morgan fingerprint density at radius 3 is 2.80 bits per heavy atom. The van der Waals surface area contributed by atoms with Crippen LogP contribution in [0.25, 0.3) is 0 Å². The molecule has 0 amide bonds. The van der Waals surface area contributed by atoms with Crippen molar-refractivity contribution in [3.63, 3.8) is 0 Å². The molecule has 0 atom stereocenters. The van der Waals surface area contributed by atoms with Crippen LogP contribution in [-0.2, 0) is 0 Å². The third kappa shape index (κ3) is 2.51. The van der Waals surface area contributed by atoms with E-state index in [1.165, 1.54) is 19.2 Å². The van der Waals surface area contributed by atoms with Crippen LogP contribution in [0, 0.1) is 0 Å². The van der Waals surface area contributed by atoms with Crippen molar-refractivity contribution in [1.82, 2.24) is 9.97 Å². The van der Waals surface area contributed by atoms with Crippen molar-refractivity contribution in [3.8, 4) is 0 Å². The lowest BCUT2D eigenvalue weighted by molar-refractivity contribution is 0.937. The van der Waals surface area contributed by atoms with Crippen LogP contribution in [-0.4, -0.2) is 27.5 Å². The van der Waals surface area contributed by atoms with Crippen molar-refractivity contribution in [2.24, 2.45) is 5.84 Å². The van der Waals surface area contributed by atoms with E-state index in [-0.39, 0.29) is 0 Å². The zero-order valence-electron chi connectivity index (χ0n) is 8.66. The van der Waals surface area contributed by atoms with Gasteiger partial charge in [0.1, 0.15) is 18.0 Å². The molecule has 0 aliphatic heterocycles. The Morgan fingerprint density at radius 2 is 2.20 bits per heavy atom. The van der Waals surface area contributed by atoms with E-state index >= 15 is 0 Å². The molecule has 0 bridgehead atoms. The number of hydrazine groups is 1. The van der Waals surface area contributed by atoms with Gasteiger partial charge in [-0.1, -0.05) is 0 Å². The number of nitrogens with zero attached hydrogens (tertiary/aromatic N) is 2. The average molecular weight is 225 g/mol. The lowest BCUT2D eigenvalue weighted by Gasteiger charge is -2.13. The number of rotatable bonds is 5. The van der Waals surface area contributed by atoms with Gasteiger partial charge in [-0.15, -0.1) is 0 Å². The normalized spacial score (nSPS) is 17.2. The highest BCUT2D eigenvalue weighted by Gasteiger charge is 2.41. The first-order valence-electron chi connectivity index (χ1n) is 4.86. The largest absolute Gasteiger partial charge is 0.369 e. The van der Waals surface area contributed by atoms with Gasteiger partial charge in [0.05, 0.1) is 0 Å². The molecule has 1 heterocycles. The molecule has 1 aliphatic rings. The van der Waals surface area contributed by atoms with Crippen LogP contribution in [0.5, 0.6) is 0 Å². The predicted octanol–water partition coefficient (Wildman–Crippen LogP) is 1.07. The van der Waals surface area contributed by atoms with Crippen molar-refractivity contribution in [1.29, 1.82) is 0 Å². The standard InChI is InChI=1S/C9H15N5S/c1-15-9(2-3-9)5-11-7-4-8(14-10)13-6-12-7/h4,6H,2-3,5,10H2,1H3,(H2,11,12,13,14). The van der Waals surface area contributed by atoms with Gasteiger partial charge in [0.2, 0.25) is 0 Å². The number of anilines is 2. The topological polar surface area (TPSA) is 75.9 Å². The van der Waals surface area contributed by atoms with Gasteiger partial charge in [-0.25, -0.2) is 15.8 Å². The second-order valence-corrected chi connectivity index (χ2v) is 4.95. The number of hydrogen-bond donors (Lipinski definition) is 3. The molecule has 15 heavy (non-hydrogen) atoms. The van der Waals surface area contributed by atoms with E-state index in [0.29, 0.717) is 10.6 Å². The van der Waals surface area contributed by atoms with Crippen molar-refractivity contribution in [3.05, 3.63) is 12.4 Å². The predicted molar refractivity (Wildman–Crippen MR) is 63.8 cm³/mol. The molecule has 1 aliphatic carbocycles. The third-order valence-electron chi connectivity index (χ3n) is 2.65. The highest BCUT2D eigenvalue weighted by atomic mass is 32.2. The van der Waals surface area contributed by atoms with E-state index in [1.807, 2.05) is 11.8 Å². The fourth-order valence-electron chi connectivity index (χ4n) is 1.38. The first-order chi connectivity index (χ1) is 7.28. The zero-order chi connectivity index (χ0) is 10.7. The highest BCUT2D eigenvalue weighted by Crippen LogP contribution is 2.46. The molecule has 1 aromatic rings. The van der Waals surface area contributed by atoms with E-state index in [2.05, 4.69) is 27.0 Å². The smallest absolute Gasteiger partial charge is 0.145 e. The van der Waals surface area contributed by atoms with Crippen molar-refractivity contribution >= 4 is 23.4 Å². The molecule has 6 heteroatoms. The van der Waals surface area contributed by atoms with Crippen molar-refractivity contribution < 1.29 is 0 Å². The summed E-state index contributed by atoms with van der Waals surface area (Å²) in [7, 11) is 0. The van der Waals surface area contributed by atoms with E-state index < -0.39 is 0 Å². The van der Waals surface area contributed by atoms with Gasteiger partial charge in [0.15, 0.2) is 0 Å². The number of nitrogens with one attached hydrogen (secondary N) is 2. The molecule has 1 fully saturated rings. The molecule has 0 aromatic carbocycles. The average Bonchev–Trinajstić information content (AvgIpc) is 3.07. The van der Waals surface area contributed by atoms with Crippen LogP contribution in [0.1, 0.15) is 12.8 Å². The first kappa shape index (κ1) is 10.5. The van der Waals surface area contributed by atoms with Gasteiger partial charge in [-0.05, 0) is 19.1 Å². The Labute approximate surface area is 93.2 Å². The zero-order valence-corrected chi connectivity index (χ0v) is 9.47. The lowest BCUT2D eigenvalue weighted by atomic mass is 10.4. The minimum Gasteiger partial charge on any atom is -0.369 e. The fraction of sp³-hybridized carbons (Fsp3) is 0.556. The molecule has 4 N–H and O–H groups in total. The van der Waals surface area contributed by atoms with Crippen LogP contribution >= 0.6 is 11.8 Å². The summed E-state index contributed by atoms with van der Waals surface area (Å²) < 4.78 is 0.432. The van der Waals surface area contributed by atoms with E-state index in [9.17, 15) is 0 Å². The van der Waals surface area contributed by atoms with Crippen LogP contribution in [0.4, 0.5) is 11.6 Å². The Kier molecular flexibility index (Phi) is 2.97. The highest BCUT2D eigenvalue weighted by molar-refractivity contribution is 8.00. The van der Waals surface area contributed by atoms with Gasteiger partial charge in [-0.3, -0.25) is 0 Å². The van der Waals surface area contributed by atoms with Gasteiger partial charge in [-0.2, -0.15) is 11.8 Å². The fourth-order valence-corrected chi connectivity index (χ4v) is 2.10. The summed E-state index contributed by atoms with van der Waals surface area (Å²) in [5, 5.41) is 3.31. The lowest BCUT2D eigenvalue weighted by Crippen LogP contribution is -2.18. The Bertz CT molecular complexity index is 339. The van der Waals surface area contributed by atoms with Gasteiger partial charge in [0, 0.05) is 17.4 Å². The maximum absolute atomic E-state index is 5.27. The second kappa shape index (κ2) is 4.24. The van der Waals surface area contributed by atoms with Gasteiger partial charge >= 0.3 is 0 Å². The van der Waals surface area contributed by atoms with E-state index in [4.69, 9.17) is 5.84 Å². The SMILES string of the molecule is CSC1(CNc2cc(NN)ncn2)CC1. The molecule has 0 saturated heterocycles. The minimum absolute atomic E-state index is 0.432. The van der Waals surface area contributed by atoms with E-state index in [0.717, 1.165) is 12.4 Å². The molecule has 82 valence electrons.